The lowest BCUT2D eigenvalue weighted by Crippen LogP contribution is -2.36. The maximum absolute atomic E-state index is 11.7. The van der Waals surface area contributed by atoms with E-state index in [1.54, 1.807) is 26.5 Å². The van der Waals surface area contributed by atoms with Crippen LogP contribution in [0, 0.1) is 29.1 Å². The highest BCUT2D eigenvalue weighted by molar-refractivity contribution is 5.80. The quantitative estimate of drug-likeness (QED) is 0.461. The molecule has 2 saturated heterocycles. The molecule has 1 saturated carbocycles. The van der Waals surface area contributed by atoms with Gasteiger partial charge in [0.25, 0.3) is 0 Å². The predicted molar refractivity (Wildman–Crippen MR) is 164 cm³/mol. The monoisotopic (exact) mass is 588 g/mol. The number of amides is 4. The highest BCUT2D eigenvalue weighted by atomic mass is 16.4. The van der Waals surface area contributed by atoms with Crippen LogP contribution >= 0.6 is 0 Å². The second-order valence-corrected chi connectivity index (χ2v) is 10.8. The summed E-state index contributed by atoms with van der Waals surface area (Å²) in [7, 11) is 3.25. The van der Waals surface area contributed by atoms with Crippen LogP contribution < -0.4 is 10.6 Å². The van der Waals surface area contributed by atoms with E-state index in [-0.39, 0.29) is 18.4 Å². The molecule has 1 aromatic rings. The van der Waals surface area contributed by atoms with E-state index in [9.17, 15) is 19.2 Å². The van der Waals surface area contributed by atoms with Gasteiger partial charge in [0.2, 0.25) is 25.1 Å². The molecule has 11 heteroatoms. The maximum atomic E-state index is 11.7. The van der Waals surface area contributed by atoms with E-state index in [2.05, 4.69) is 47.2 Å². The van der Waals surface area contributed by atoms with Crippen molar-refractivity contribution in [2.45, 2.75) is 78.7 Å². The number of hydrogen-bond donors (Lipinski definition) is 2. The zero-order valence-corrected chi connectivity index (χ0v) is 26.5. The van der Waals surface area contributed by atoms with Crippen LogP contribution in [0.15, 0.2) is 18.3 Å². The Morgan fingerprint density at radius 3 is 2.12 bits per heavy atom. The first kappa shape index (κ1) is 38.5. The third kappa shape index (κ3) is 13.9. The van der Waals surface area contributed by atoms with Gasteiger partial charge in [-0.1, -0.05) is 53.5 Å². The number of methoxy groups -OCH3 is 1. The summed E-state index contributed by atoms with van der Waals surface area (Å²) in [6, 6.07) is 5.32. The Morgan fingerprint density at radius 2 is 1.67 bits per heavy atom. The van der Waals surface area contributed by atoms with Crippen molar-refractivity contribution in [2.75, 3.05) is 45.7 Å². The number of aromatic nitrogens is 1. The molecule has 2 aliphatic heterocycles. The van der Waals surface area contributed by atoms with E-state index >= 15 is 0 Å². The van der Waals surface area contributed by atoms with E-state index < -0.39 is 6.04 Å². The Hall–Kier alpha value is -3.52. The third-order valence-corrected chi connectivity index (χ3v) is 6.76. The number of anilines is 1. The minimum absolute atomic E-state index is 0.0241. The summed E-state index contributed by atoms with van der Waals surface area (Å²) in [4.78, 5) is 50.6. The van der Waals surface area contributed by atoms with E-state index in [1.807, 2.05) is 24.8 Å². The topological polar surface area (TPSA) is 145 Å². The molecule has 42 heavy (non-hydrogen) atoms. The Morgan fingerprint density at radius 1 is 1.10 bits per heavy atom. The van der Waals surface area contributed by atoms with E-state index in [4.69, 9.17) is 5.26 Å². The number of nitrogens with zero attached hydrogens (tertiary/aromatic N) is 4. The Bertz CT molecular complexity index is 937. The largest absolute Gasteiger partial charge is 0.388 e. The molecule has 0 spiro atoms. The average molecular weight is 589 g/mol. The molecule has 0 aromatic carbocycles. The Labute approximate surface area is 252 Å². The van der Waals surface area contributed by atoms with Gasteiger partial charge in [0.05, 0.1) is 12.6 Å². The second-order valence-electron chi connectivity index (χ2n) is 10.8. The number of carbonyl (C=O) groups excluding carboxylic acids is 4. The van der Waals surface area contributed by atoms with Gasteiger partial charge in [0.15, 0.2) is 0 Å². The fourth-order valence-electron chi connectivity index (χ4n) is 5.10. The molecule has 4 rings (SSSR count). The van der Waals surface area contributed by atoms with Gasteiger partial charge in [-0.15, -0.1) is 0 Å². The minimum Gasteiger partial charge on any atom is -0.388 e. The van der Waals surface area contributed by atoms with Crippen LogP contribution in [-0.2, 0) is 23.9 Å². The highest BCUT2D eigenvalue weighted by Gasteiger charge is 2.36. The molecule has 1 aromatic heterocycles. The summed E-state index contributed by atoms with van der Waals surface area (Å²) in [5.74, 6) is 2.85. The van der Waals surface area contributed by atoms with Crippen molar-refractivity contribution in [2.24, 2.45) is 17.8 Å². The SMILES string of the molecule is CC.CC(C)C.COC.N#CC1CC(c2cccnc2NC=O)CN1C=O.O=CNCC(=O)N1CC2CCCCC2C1. The molecule has 4 unspecified atom stereocenters. The fourth-order valence-corrected chi connectivity index (χ4v) is 5.10. The van der Waals surface area contributed by atoms with Gasteiger partial charge in [0, 0.05) is 46.0 Å². The molecule has 4 amide bonds. The van der Waals surface area contributed by atoms with Crippen LogP contribution in [0.4, 0.5) is 5.82 Å². The lowest BCUT2D eigenvalue weighted by atomic mass is 9.82. The molecule has 0 radical (unpaired) electrons. The van der Waals surface area contributed by atoms with E-state index in [0.29, 0.717) is 38.0 Å². The molecule has 2 N–H and O–H groups in total. The standard InChI is InChI=1S/C12H12N4O2.C11H18N2O2.C4H10.C2H6O.C2H6/c13-5-10-4-9(6-16(10)8-18)11-2-1-3-14-12(11)15-7-17;14-8-12-5-11(15)13-6-9-3-1-2-4-10(9)7-13;1-4(2)3;1-3-2;1-2/h1-3,7-10H,4,6H2,(H,14,15,17);8-10H,1-7H2,(H,12,14);4H,1-3H3;1-2H3;1-2H3. The van der Waals surface area contributed by atoms with Crippen molar-refractivity contribution in [3.05, 3.63) is 23.9 Å². The summed E-state index contributed by atoms with van der Waals surface area (Å²) in [5.41, 5.74) is 0.856. The smallest absolute Gasteiger partial charge is 0.241 e. The van der Waals surface area contributed by atoms with Crippen LogP contribution in [0.1, 0.15) is 78.2 Å². The zero-order valence-electron chi connectivity index (χ0n) is 26.5. The minimum atomic E-state index is -0.406. The number of carbonyl (C=O) groups is 4. The number of hydrogen-bond acceptors (Lipinski definition) is 7. The fraction of sp³-hybridized carbons (Fsp3) is 0.677. The van der Waals surface area contributed by atoms with Crippen LogP contribution in [0.3, 0.4) is 0 Å². The second kappa shape index (κ2) is 23.1. The van der Waals surface area contributed by atoms with Gasteiger partial charge in [-0.05, 0) is 48.6 Å². The van der Waals surface area contributed by atoms with Gasteiger partial charge in [-0.25, -0.2) is 4.98 Å². The Kier molecular flexibility index (Phi) is 21.2. The molecule has 11 nitrogen and oxygen atoms in total. The lowest BCUT2D eigenvalue weighted by molar-refractivity contribution is -0.130. The summed E-state index contributed by atoms with van der Waals surface area (Å²) in [6.45, 7) is 12.9. The van der Waals surface area contributed by atoms with Gasteiger partial charge in [0.1, 0.15) is 11.9 Å². The van der Waals surface area contributed by atoms with Crippen molar-refractivity contribution < 1.29 is 23.9 Å². The molecule has 0 bridgehead atoms. The number of likely N-dealkylation sites (tertiary alicyclic amines) is 2. The molecular weight excluding hydrogens is 536 g/mol. The van der Waals surface area contributed by atoms with Crippen LogP contribution in [0.5, 0.6) is 0 Å². The van der Waals surface area contributed by atoms with Crippen LogP contribution in [-0.4, -0.2) is 86.4 Å². The van der Waals surface area contributed by atoms with Gasteiger partial charge < -0.3 is 25.2 Å². The van der Waals surface area contributed by atoms with Gasteiger partial charge in [-0.2, -0.15) is 5.26 Å². The highest BCUT2D eigenvalue weighted by Crippen LogP contribution is 2.36. The first-order valence-corrected chi connectivity index (χ1v) is 14.9. The summed E-state index contributed by atoms with van der Waals surface area (Å²) >= 11 is 0. The zero-order chi connectivity index (χ0) is 31.9. The summed E-state index contributed by atoms with van der Waals surface area (Å²) in [5, 5.41) is 13.9. The molecular formula is C31H52N6O5. The van der Waals surface area contributed by atoms with Crippen molar-refractivity contribution in [1.82, 2.24) is 20.1 Å². The predicted octanol–water partition coefficient (Wildman–Crippen LogP) is 3.82. The number of ether oxygens (including phenoxy) is 1. The number of nitriles is 1. The number of fused-ring (bicyclic) bond motifs is 1. The summed E-state index contributed by atoms with van der Waals surface area (Å²) in [6.07, 6.45) is 9.17. The molecule has 3 aliphatic rings. The first-order valence-electron chi connectivity index (χ1n) is 14.9. The third-order valence-electron chi connectivity index (χ3n) is 6.76. The van der Waals surface area contributed by atoms with Crippen LogP contribution in [0.2, 0.25) is 0 Å². The van der Waals surface area contributed by atoms with Gasteiger partial charge in [-0.3, -0.25) is 19.2 Å². The molecule has 4 atom stereocenters. The first-order chi connectivity index (χ1) is 20.3. The Balaban J connectivity index is 0.000000631. The van der Waals surface area contributed by atoms with E-state index in [0.717, 1.165) is 36.4 Å². The number of pyridine rings is 1. The van der Waals surface area contributed by atoms with E-state index in [1.165, 1.54) is 30.6 Å². The lowest BCUT2D eigenvalue weighted by Gasteiger charge is -2.22. The number of nitrogens with one attached hydrogen (secondary N) is 2. The van der Waals surface area contributed by atoms with Crippen molar-refractivity contribution >= 4 is 31.0 Å². The van der Waals surface area contributed by atoms with Crippen LogP contribution in [0.25, 0.3) is 0 Å². The van der Waals surface area contributed by atoms with Gasteiger partial charge >= 0.3 is 0 Å². The average Bonchev–Trinajstić information content (AvgIpc) is 3.62. The number of rotatable bonds is 7. The maximum Gasteiger partial charge on any atom is 0.241 e. The molecule has 3 heterocycles. The molecule has 1 aliphatic carbocycles. The van der Waals surface area contributed by atoms with Crippen molar-refractivity contribution in [1.29, 1.82) is 5.26 Å². The molecule has 3 fully saturated rings. The summed E-state index contributed by atoms with van der Waals surface area (Å²) < 4.78 is 4.25. The normalized spacial score (nSPS) is 21.6. The van der Waals surface area contributed by atoms with Crippen molar-refractivity contribution in [3.8, 4) is 6.07 Å². The molecule has 236 valence electrons. The van der Waals surface area contributed by atoms with Crippen molar-refractivity contribution in [3.63, 3.8) is 0 Å².